The quantitative estimate of drug-likeness (QED) is 0.897. The van der Waals surface area contributed by atoms with Crippen molar-refractivity contribution in [1.82, 2.24) is 9.80 Å². The third-order valence-electron chi connectivity index (χ3n) is 4.27. The van der Waals surface area contributed by atoms with Gasteiger partial charge in [0, 0.05) is 42.5 Å². The molecule has 3 rings (SSSR count). The number of rotatable bonds is 3. The molecule has 0 spiro atoms. The molecule has 1 saturated heterocycles. The van der Waals surface area contributed by atoms with Crippen LogP contribution in [0.4, 0.5) is 10.5 Å². The zero-order chi connectivity index (χ0) is 18.5. The summed E-state index contributed by atoms with van der Waals surface area (Å²) in [5, 5.41) is 3.46. The van der Waals surface area contributed by atoms with Crippen molar-refractivity contribution in [2.75, 3.05) is 38.6 Å². The van der Waals surface area contributed by atoms with E-state index in [1.807, 2.05) is 0 Å². The van der Waals surface area contributed by atoms with Crippen molar-refractivity contribution in [2.24, 2.45) is 0 Å². The van der Waals surface area contributed by atoms with Gasteiger partial charge in [-0.3, -0.25) is 4.79 Å². The Bertz CT molecular complexity index is 787. The molecule has 0 unspecified atom stereocenters. The van der Waals surface area contributed by atoms with E-state index < -0.39 is 0 Å². The smallest absolute Gasteiger partial charge is 0.321 e. The summed E-state index contributed by atoms with van der Waals surface area (Å²) in [5.41, 5.74) is 1.28. The zero-order valence-corrected chi connectivity index (χ0v) is 15.2. The highest BCUT2D eigenvalue weighted by atomic mass is 35.5. The third-order valence-corrected chi connectivity index (χ3v) is 4.52. The van der Waals surface area contributed by atoms with Crippen molar-refractivity contribution in [1.29, 1.82) is 0 Å². The van der Waals surface area contributed by atoms with E-state index in [-0.39, 0.29) is 11.9 Å². The van der Waals surface area contributed by atoms with Crippen LogP contribution in [0.2, 0.25) is 5.02 Å². The number of nitrogens with zero attached hydrogens (tertiary/aromatic N) is 2. The normalized spacial score (nSPS) is 14.1. The molecule has 1 fully saturated rings. The lowest BCUT2D eigenvalue weighted by atomic mass is 10.1. The highest BCUT2D eigenvalue weighted by molar-refractivity contribution is 6.30. The van der Waals surface area contributed by atoms with Crippen LogP contribution in [0.25, 0.3) is 0 Å². The number of halogens is 1. The average molecular weight is 374 g/mol. The van der Waals surface area contributed by atoms with E-state index in [9.17, 15) is 9.59 Å². The molecule has 26 heavy (non-hydrogen) atoms. The van der Waals surface area contributed by atoms with Crippen LogP contribution in [0.1, 0.15) is 10.4 Å². The van der Waals surface area contributed by atoms with Crippen LogP contribution in [0, 0.1) is 0 Å². The van der Waals surface area contributed by atoms with Gasteiger partial charge in [-0.25, -0.2) is 4.79 Å². The third kappa shape index (κ3) is 4.26. The average Bonchev–Trinajstić information content (AvgIpc) is 2.69. The number of benzene rings is 2. The maximum Gasteiger partial charge on any atom is 0.321 e. The van der Waals surface area contributed by atoms with Crippen LogP contribution in [-0.2, 0) is 0 Å². The zero-order valence-electron chi connectivity index (χ0n) is 14.4. The first-order valence-corrected chi connectivity index (χ1v) is 8.69. The largest absolute Gasteiger partial charge is 0.497 e. The van der Waals surface area contributed by atoms with Gasteiger partial charge in [-0.05, 0) is 42.5 Å². The van der Waals surface area contributed by atoms with E-state index in [0.717, 1.165) is 0 Å². The molecule has 0 radical (unpaired) electrons. The fraction of sp³-hybridized carbons (Fsp3) is 0.263. The Labute approximate surface area is 157 Å². The van der Waals surface area contributed by atoms with E-state index in [0.29, 0.717) is 48.2 Å². The maximum atomic E-state index is 12.6. The lowest BCUT2D eigenvalue weighted by molar-refractivity contribution is 0.0671. The minimum Gasteiger partial charge on any atom is -0.497 e. The fourth-order valence-electron chi connectivity index (χ4n) is 2.79. The summed E-state index contributed by atoms with van der Waals surface area (Å²) in [6.07, 6.45) is 0. The highest BCUT2D eigenvalue weighted by Gasteiger charge is 2.25. The summed E-state index contributed by atoms with van der Waals surface area (Å²) < 4.78 is 5.16. The van der Waals surface area contributed by atoms with Crippen molar-refractivity contribution in [2.45, 2.75) is 0 Å². The second-order valence-corrected chi connectivity index (χ2v) is 6.38. The first-order valence-electron chi connectivity index (χ1n) is 8.31. The number of hydrogen-bond acceptors (Lipinski definition) is 3. The summed E-state index contributed by atoms with van der Waals surface area (Å²) in [5.74, 6) is 0.596. The number of carbonyl (C=O) groups is 2. The SMILES string of the molecule is COc1cccc(C(=O)N2CCN(C(=O)Nc3ccc(Cl)cc3)CC2)c1. The summed E-state index contributed by atoms with van der Waals surface area (Å²) in [6, 6.07) is 13.9. The minimum atomic E-state index is -0.180. The highest BCUT2D eigenvalue weighted by Crippen LogP contribution is 2.17. The molecule has 0 bridgehead atoms. The Hall–Kier alpha value is -2.73. The van der Waals surface area contributed by atoms with E-state index in [1.54, 1.807) is 65.4 Å². The molecule has 1 heterocycles. The van der Waals surface area contributed by atoms with Gasteiger partial charge in [0.25, 0.3) is 5.91 Å². The number of piperazine rings is 1. The van der Waals surface area contributed by atoms with E-state index in [4.69, 9.17) is 16.3 Å². The topological polar surface area (TPSA) is 61.9 Å². The Morgan fingerprint density at radius 3 is 2.31 bits per heavy atom. The number of carbonyl (C=O) groups excluding carboxylic acids is 2. The summed E-state index contributed by atoms with van der Waals surface area (Å²) in [6.45, 7) is 1.94. The summed E-state index contributed by atoms with van der Waals surface area (Å²) >= 11 is 5.84. The number of anilines is 1. The van der Waals surface area contributed by atoms with Crippen molar-refractivity contribution in [3.63, 3.8) is 0 Å². The van der Waals surface area contributed by atoms with Gasteiger partial charge in [0.1, 0.15) is 5.75 Å². The van der Waals surface area contributed by atoms with Gasteiger partial charge in [-0.1, -0.05) is 17.7 Å². The standard InChI is InChI=1S/C19H20ClN3O3/c1-26-17-4-2-3-14(13-17)18(24)22-9-11-23(12-10-22)19(25)21-16-7-5-15(20)6-8-16/h2-8,13H,9-12H2,1H3,(H,21,25). The lowest BCUT2D eigenvalue weighted by Gasteiger charge is -2.34. The van der Waals surface area contributed by atoms with E-state index in [2.05, 4.69) is 5.32 Å². The Kier molecular flexibility index (Phi) is 5.63. The van der Waals surface area contributed by atoms with Crippen molar-refractivity contribution in [3.05, 3.63) is 59.1 Å². The number of amides is 3. The number of nitrogens with one attached hydrogen (secondary N) is 1. The van der Waals surface area contributed by atoms with Crippen LogP contribution in [-0.4, -0.2) is 55.0 Å². The van der Waals surface area contributed by atoms with Crippen LogP contribution in [0.3, 0.4) is 0 Å². The summed E-state index contributed by atoms with van der Waals surface area (Å²) in [7, 11) is 1.57. The first kappa shape index (κ1) is 18.1. The van der Waals surface area contributed by atoms with Gasteiger partial charge in [-0.15, -0.1) is 0 Å². The Morgan fingerprint density at radius 2 is 1.65 bits per heavy atom. The van der Waals surface area contributed by atoms with Gasteiger partial charge < -0.3 is 19.9 Å². The fourth-order valence-corrected chi connectivity index (χ4v) is 2.91. The monoisotopic (exact) mass is 373 g/mol. The van der Waals surface area contributed by atoms with Crippen LogP contribution in [0.15, 0.2) is 48.5 Å². The van der Waals surface area contributed by atoms with Crippen LogP contribution < -0.4 is 10.1 Å². The number of hydrogen-bond donors (Lipinski definition) is 1. The maximum absolute atomic E-state index is 12.6. The molecule has 0 atom stereocenters. The molecule has 1 aliphatic heterocycles. The lowest BCUT2D eigenvalue weighted by Crippen LogP contribution is -2.51. The Morgan fingerprint density at radius 1 is 1.00 bits per heavy atom. The molecule has 136 valence electrons. The second kappa shape index (κ2) is 8.10. The van der Waals surface area contributed by atoms with Crippen LogP contribution in [0.5, 0.6) is 5.75 Å². The molecule has 6 nitrogen and oxygen atoms in total. The van der Waals surface area contributed by atoms with Crippen molar-refractivity contribution in [3.8, 4) is 5.75 Å². The van der Waals surface area contributed by atoms with Gasteiger partial charge in [0.2, 0.25) is 0 Å². The van der Waals surface area contributed by atoms with E-state index >= 15 is 0 Å². The van der Waals surface area contributed by atoms with Gasteiger partial charge >= 0.3 is 6.03 Å². The van der Waals surface area contributed by atoms with Crippen LogP contribution >= 0.6 is 11.6 Å². The van der Waals surface area contributed by atoms with Gasteiger partial charge in [0.05, 0.1) is 7.11 Å². The molecule has 0 saturated carbocycles. The second-order valence-electron chi connectivity index (χ2n) is 5.95. The number of ether oxygens (including phenoxy) is 1. The molecule has 3 amide bonds. The van der Waals surface area contributed by atoms with Crippen molar-refractivity contribution >= 4 is 29.2 Å². The predicted molar refractivity (Wildman–Crippen MR) is 101 cm³/mol. The van der Waals surface area contributed by atoms with Gasteiger partial charge in [0.15, 0.2) is 0 Å². The van der Waals surface area contributed by atoms with Crippen molar-refractivity contribution < 1.29 is 14.3 Å². The molecule has 0 aromatic heterocycles. The molecule has 1 N–H and O–H groups in total. The van der Waals surface area contributed by atoms with E-state index in [1.165, 1.54) is 0 Å². The predicted octanol–water partition coefficient (Wildman–Crippen LogP) is 3.34. The molecule has 0 aliphatic carbocycles. The minimum absolute atomic E-state index is 0.0540. The number of methoxy groups -OCH3 is 1. The first-order chi connectivity index (χ1) is 12.6. The molecular formula is C19H20ClN3O3. The molecule has 7 heteroatoms. The molecule has 1 aliphatic rings. The van der Waals surface area contributed by atoms with Gasteiger partial charge in [-0.2, -0.15) is 0 Å². The molecule has 2 aromatic carbocycles. The summed E-state index contributed by atoms with van der Waals surface area (Å²) in [4.78, 5) is 28.4. The molecule has 2 aromatic rings. The number of urea groups is 1. The Balaban J connectivity index is 1.55. The molecular weight excluding hydrogens is 354 g/mol.